The highest BCUT2D eigenvalue weighted by atomic mass is 79.9. The molecule has 2 aromatic carbocycles. The van der Waals surface area contributed by atoms with Gasteiger partial charge in [-0.15, -0.1) is 23.2 Å². The number of alkyl halides is 2. The minimum absolute atomic E-state index is 0.129. The van der Waals surface area contributed by atoms with Gasteiger partial charge in [-0.25, -0.2) is 0 Å². The second-order valence-electron chi connectivity index (χ2n) is 6.28. The van der Waals surface area contributed by atoms with Crippen molar-refractivity contribution in [2.75, 3.05) is 11.8 Å². The maximum Gasteiger partial charge on any atom is 0.0881 e. The van der Waals surface area contributed by atoms with Gasteiger partial charge >= 0.3 is 0 Å². The molecular formula is C20H22Br2Cl2O. The standard InChI is InChI=1S/C20H22Br2Cl2O/c1-13(11-23)19(15-7-3-5-9-17(15)21)25-20(14(2)12-24)16-8-4-6-10-18(16)22/h3-10,13-14,19-20H,11-12H2,1-2H3. The smallest absolute Gasteiger partial charge is 0.0881 e. The summed E-state index contributed by atoms with van der Waals surface area (Å²) in [6.45, 7) is 4.22. The van der Waals surface area contributed by atoms with Crippen molar-refractivity contribution in [3.63, 3.8) is 0 Å². The van der Waals surface area contributed by atoms with E-state index in [9.17, 15) is 0 Å². The van der Waals surface area contributed by atoms with Crippen molar-refractivity contribution in [2.45, 2.75) is 26.1 Å². The molecular weight excluding hydrogens is 487 g/mol. The summed E-state index contributed by atoms with van der Waals surface area (Å²) >= 11 is 19.7. The molecule has 0 aliphatic heterocycles. The molecule has 4 atom stereocenters. The predicted molar refractivity (Wildman–Crippen MR) is 115 cm³/mol. The summed E-state index contributed by atoms with van der Waals surface area (Å²) in [6, 6.07) is 16.3. The van der Waals surface area contributed by atoms with Crippen molar-refractivity contribution in [1.29, 1.82) is 0 Å². The zero-order valence-corrected chi connectivity index (χ0v) is 18.9. The van der Waals surface area contributed by atoms with Crippen molar-refractivity contribution in [3.8, 4) is 0 Å². The van der Waals surface area contributed by atoms with Crippen LogP contribution in [-0.4, -0.2) is 11.8 Å². The summed E-state index contributed by atoms with van der Waals surface area (Å²) in [5.74, 6) is 1.36. The molecule has 0 fully saturated rings. The molecule has 25 heavy (non-hydrogen) atoms. The van der Waals surface area contributed by atoms with Crippen LogP contribution in [0.2, 0.25) is 0 Å². The summed E-state index contributed by atoms with van der Waals surface area (Å²) in [5.41, 5.74) is 2.21. The first kappa shape index (κ1) is 21.2. The van der Waals surface area contributed by atoms with Crippen LogP contribution >= 0.6 is 55.1 Å². The zero-order valence-electron chi connectivity index (χ0n) is 14.3. The molecule has 1 nitrogen and oxygen atoms in total. The first-order chi connectivity index (χ1) is 12.0. The molecule has 0 N–H and O–H groups in total. The van der Waals surface area contributed by atoms with Crippen molar-refractivity contribution < 1.29 is 4.74 Å². The number of rotatable bonds is 8. The fourth-order valence-corrected chi connectivity index (χ4v) is 4.10. The van der Waals surface area contributed by atoms with Gasteiger partial charge in [-0.2, -0.15) is 0 Å². The summed E-state index contributed by atoms with van der Waals surface area (Å²) in [4.78, 5) is 0. The van der Waals surface area contributed by atoms with Gasteiger partial charge in [0.05, 0.1) is 12.2 Å². The van der Waals surface area contributed by atoms with Crippen molar-refractivity contribution in [1.82, 2.24) is 0 Å². The topological polar surface area (TPSA) is 9.23 Å². The zero-order chi connectivity index (χ0) is 18.4. The molecule has 0 aliphatic carbocycles. The third-order valence-electron chi connectivity index (χ3n) is 4.24. The normalized spacial score (nSPS) is 16.2. The van der Waals surface area contributed by atoms with Gasteiger partial charge in [-0.3, -0.25) is 0 Å². The first-order valence-electron chi connectivity index (χ1n) is 8.25. The number of benzene rings is 2. The summed E-state index contributed by atoms with van der Waals surface area (Å²) in [5, 5.41) is 0. The maximum absolute atomic E-state index is 6.66. The fourth-order valence-electron chi connectivity index (χ4n) is 2.76. The molecule has 0 amide bonds. The monoisotopic (exact) mass is 506 g/mol. The summed E-state index contributed by atoms with van der Waals surface area (Å²) < 4.78 is 8.72. The molecule has 2 rings (SSSR count). The maximum atomic E-state index is 6.66. The van der Waals surface area contributed by atoms with Crippen LogP contribution in [0.5, 0.6) is 0 Å². The minimum atomic E-state index is -0.129. The van der Waals surface area contributed by atoms with Gasteiger partial charge in [0, 0.05) is 32.5 Å². The van der Waals surface area contributed by atoms with Gasteiger partial charge in [0.25, 0.3) is 0 Å². The molecule has 136 valence electrons. The van der Waals surface area contributed by atoms with Gasteiger partial charge in [0.2, 0.25) is 0 Å². The lowest BCUT2D eigenvalue weighted by Gasteiger charge is -2.32. The average Bonchev–Trinajstić information content (AvgIpc) is 2.63. The predicted octanol–water partition coefficient (Wildman–Crippen LogP) is 7.76. The number of halogens is 4. The van der Waals surface area contributed by atoms with E-state index in [0.29, 0.717) is 11.8 Å². The van der Waals surface area contributed by atoms with Gasteiger partial charge in [-0.05, 0) is 23.3 Å². The Hall–Kier alpha value is -0.0600. The van der Waals surface area contributed by atoms with Crippen molar-refractivity contribution in [2.24, 2.45) is 11.8 Å². The number of ether oxygens (including phenoxy) is 1. The van der Waals surface area contributed by atoms with E-state index < -0.39 is 0 Å². The molecule has 0 aromatic heterocycles. The average molecular weight is 509 g/mol. The summed E-state index contributed by atoms with van der Waals surface area (Å²) in [7, 11) is 0. The molecule has 0 aliphatic rings. The van der Waals surface area contributed by atoms with E-state index in [1.165, 1.54) is 0 Å². The highest BCUT2D eigenvalue weighted by Crippen LogP contribution is 2.41. The minimum Gasteiger partial charge on any atom is -0.365 e. The molecule has 5 heteroatoms. The summed E-state index contributed by atoms with van der Waals surface area (Å²) in [6.07, 6.45) is -0.258. The Kier molecular flexibility index (Phi) is 8.77. The lowest BCUT2D eigenvalue weighted by atomic mass is 9.95. The lowest BCUT2D eigenvalue weighted by Crippen LogP contribution is -2.23. The van der Waals surface area contributed by atoms with Gasteiger partial charge in [-0.1, -0.05) is 82.1 Å². The highest BCUT2D eigenvalue weighted by Gasteiger charge is 2.29. The molecule has 0 radical (unpaired) electrons. The Morgan fingerprint density at radius 2 is 1.12 bits per heavy atom. The van der Waals surface area contributed by atoms with Crippen LogP contribution < -0.4 is 0 Å². The van der Waals surface area contributed by atoms with Gasteiger partial charge in [0.15, 0.2) is 0 Å². The van der Waals surface area contributed by atoms with Gasteiger partial charge in [0.1, 0.15) is 0 Å². The second-order valence-corrected chi connectivity index (χ2v) is 8.61. The van der Waals surface area contributed by atoms with E-state index in [0.717, 1.165) is 20.1 Å². The van der Waals surface area contributed by atoms with Crippen molar-refractivity contribution in [3.05, 3.63) is 68.6 Å². The van der Waals surface area contributed by atoms with Crippen LogP contribution in [0.1, 0.15) is 37.2 Å². The van der Waals surface area contributed by atoms with Crippen LogP contribution in [0, 0.1) is 11.8 Å². The van der Waals surface area contributed by atoms with Crippen LogP contribution in [0.3, 0.4) is 0 Å². The highest BCUT2D eigenvalue weighted by molar-refractivity contribution is 9.10. The lowest BCUT2D eigenvalue weighted by molar-refractivity contribution is -0.0603. The molecule has 4 unspecified atom stereocenters. The van der Waals surface area contributed by atoms with E-state index in [1.807, 2.05) is 36.4 Å². The van der Waals surface area contributed by atoms with E-state index in [2.05, 4.69) is 57.8 Å². The van der Waals surface area contributed by atoms with E-state index in [4.69, 9.17) is 27.9 Å². The van der Waals surface area contributed by atoms with Crippen molar-refractivity contribution >= 4 is 55.1 Å². The van der Waals surface area contributed by atoms with Crippen LogP contribution in [-0.2, 0) is 4.74 Å². The third-order valence-corrected chi connectivity index (χ3v) is 6.66. The molecule has 0 spiro atoms. The number of hydrogen-bond acceptors (Lipinski definition) is 1. The first-order valence-corrected chi connectivity index (χ1v) is 10.9. The molecule has 0 saturated heterocycles. The Bertz CT molecular complexity index is 623. The SMILES string of the molecule is CC(CCl)C(OC(c1ccccc1Br)C(C)CCl)c1ccccc1Br. The molecule has 0 heterocycles. The third kappa shape index (κ3) is 5.46. The van der Waals surface area contributed by atoms with Gasteiger partial charge < -0.3 is 4.74 Å². The Morgan fingerprint density at radius 1 is 0.760 bits per heavy atom. The van der Waals surface area contributed by atoms with Crippen LogP contribution in [0.25, 0.3) is 0 Å². The molecule has 2 aromatic rings. The van der Waals surface area contributed by atoms with E-state index in [1.54, 1.807) is 0 Å². The Morgan fingerprint density at radius 3 is 1.44 bits per heavy atom. The fraction of sp³-hybridized carbons (Fsp3) is 0.400. The Balaban J connectivity index is 2.42. The quantitative estimate of drug-likeness (QED) is 0.331. The molecule has 0 saturated carbocycles. The van der Waals surface area contributed by atoms with Crippen LogP contribution in [0.4, 0.5) is 0 Å². The largest absolute Gasteiger partial charge is 0.365 e. The Labute approximate surface area is 177 Å². The second kappa shape index (κ2) is 10.3. The van der Waals surface area contributed by atoms with E-state index in [-0.39, 0.29) is 24.0 Å². The number of hydrogen-bond donors (Lipinski definition) is 0. The van der Waals surface area contributed by atoms with E-state index >= 15 is 0 Å². The van der Waals surface area contributed by atoms with Crippen LogP contribution in [0.15, 0.2) is 57.5 Å². The molecule has 0 bridgehead atoms.